The highest BCUT2D eigenvalue weighted by molar-refractivity contribution is 9.10. The highest BCUT2D eigenvalue weighted by atomic mass is 79.9. The number of halogens is 3. The first-order valence-corrected chi connectivity index (χ1v) is 6.91. The smallest absolute Gasteiger partial charge is 0.137 e. The molecule has 0 aliphatic rings. The molecule has 3 N–H and O–H groups in total. The van der Waals surface area contributed by atoms with Gasteiger partial charge in [0.25, 0.3) is 0 Å². The minimum atomic E-state index is -1.07. The van der Waals surface area contributed by atoms with Gasteiger partial charge in [0.15, 0.2) is 0 Å². The molecular formula is C15H14BrF2NO. The summed E-state index contributed by atoms with van der Waals surface area (Å²) in [6.45, 7) is 0.0553. The Labute approximate surface area is 124 Å². The molecule has 0 heterocycles. The Kier molecular flexibility index (Phi) is 4.86. The third-order valence-electron chi connectivity index (χ3n) is 3.22. The first-order chi connectivity index (χ1) is 9.54. The molecule has 2 atom stereocenters. The van der Waals surface area contributed by atoms with Crippen molar-refractivity contribution >= 4 is 15.9 Å². The summed E-state index contributed by atoms with van der Waals surface area (Å²) in [6, 6.07) is 10.4. The molecule has 0 bridgehead atoms. The van der Waals surface area contributed by atoms with Crippen LogP contribution >= 0.6 is 15.9 Å². The second kappa shape index (κ2) is 6.43. The molecule has 0 radical (unpaired) electrons. The van der Waals surface area contributed by atoms with Gasteiger partial charge in [0, 0.05) is 12.5 Å². The van der Waals surface area contributed by atoms with E-state index in [4.69, 9.17) is 5.73 Å². The van der Waals surface area contributed by atoms with Crippen molar-refractivity contribution in [2.75, 3.05) is 6.54 Å². The second-order valence-corrected chi connectivity index (χ2v) is 5.34. The van der Waals surface area contributed by atoms with Gasteiger partial charge in [0.05, 0.1) is 10.6 Å². The van der Waals surface area contributed by atoms with Crippen molar-refractivity contribution < 1.29 is 13.9 Å². The van der Waals surface area contributed by atoms with Crippen molar-refractivity contribution in [3.63, 3.8) is 0 Å². The number of nitrogens with two attached hydrogens (primary N) is 1. The van der Waals surface area contributed by atoms with E-state index in [0.717, 1.165) is 0 Å². The molecule has 0 aliphatic heterocycles. The molecule has 0 fully saturated rings. The molecule has 5 heteroatoms. The number of hydrogen-bond acceptors (Lipinski definition) is 2. The van der Waals surface area contributed by atoms with Gasteiger partial charge in [-0.2, -0.15) is 0 Å². The van der Waals surface area contributed by atoms with Gasteiger partial charge in [-0.05, 0) is 45.3 Å². The van der Waals surface area contributed by atoms with Gasteiger partial charge in [-0.3, -0.25) is 0 Å². The van der Waals surface area contributed by atoms with Crippen molar-refractivity contribution in [1.82, 2.24) is 0 Å². The maximum atomic E-state index is 13.8. The van der Waals surface area contributed by atoms with Crippen LogP contribution in [-0.2, 0) is 0 Å². The Morgan fingerprint density at radius 1 is 1.10 bits per heavy atom. The summed E-state index contributed by atoms with van der Waals surface area (Å²) in [6.07, 6.45) is -1.07. The van der Waals surface area contributed by atoms with E-state index >= 15 is 0 Å². The molecule has 20 heavy (non-hydrogen) atoms. The Morgan fingerprint density at radius 3 is 2.40 bits per heavy atom. The zero-order valence-electron chi connectivity index (χ0n) is 10.6. The Bertz CT molecular complexity index is 606. The third-order valence-corrected chi connectivity index (χ3v) is 3.87. The molecule has 2 unspecified atom stereocenters. The van der Waals surface area contributed by atoms with Crippen LogP contribution in [0.2, 0.25) is 0 Å². The summed E-state index contributed by atoms with van der Waals surface area (Å²) in [4.78, 5) is 0. The first-order valence-electron chi connectivity index (χ1n) is 6.12. The van der Waals surface area contributed by atoms with Gasteiger partial charge >= 0.3 is 0 Å². The molecule has 2 nitrogen and oxygen atoms in total. The minimum Gasteiger partial charge on any atom is -0.388 e. The van der Waals surface area contributed by atoms with Gasteiger partial charge in [-0.1, -0.05) is 24.3 Å². The van der Waals surface area contributed by atoms with Gasteiger partial charge in [-0.15, -0.1) is 0 Å². The lowest BCUT2D eigenvalue weighted by molar-refractivity contribution is 0.145. The van der Waals surface area contributed by atoms with Crippen LogP contribution in [0.15, 0.2) is 46.9 Å². The molecule has 106 valence electrons. The summed E-state index contributed by atoms with van der Waals surface area (Å²) >= 11 is 3.05. The van der Waals surface area contributed by atoms with E-state index in [9.17, 15) is 13.9 Å². The fraction of sp³-hybridized carbons (Fsp3) is 0.200. The van der Waals surface area contributed by atoms with Crippen molar-refractivity contribution in [3.8, 4) is 0 Å². The number of hydrogen-bond donors (Lipinski definition) is 2. The molecule has 0 aromatic heterocycles. The number of benzene rings is 2. The standard InChI is InChI=1S/C15H14BrF2NO/c16-12-6-5-9(7-14(12)18)15(20)11(8-19)10-3-1-2-4-13(10)17/h1-7,11,15,20H,8,19H2. The average Bonchev–Trinajstić information content (AvgIpc) is 2.44. The first kappa shape index (κ1) is 15.1. The van der Waals surface area contributed by atoms with Crippen LogP contribution in [0, 0.1) is 11.6 Å². The molecule has 2 aromatic rings. The SMILES string of the molecule is NCC(c1ccccc1F)C(O)c1ccc(Br)c(F)c1. The summed E-state index contributed by atoms with van der Waals surface area (Å²) in [5.41, 5.74) is 6.34. The minimum absolute atomic E-state index is 0.0553. The van der Waals surface area contributed by atoms with Gasteiger partial charge < -0.3 is 10.8 Å². The van der Waals surface area contributed by atoms with E-state index in [1.54, 1.807) is 24.3 Å². The molecule has 0 spiro atoms. The van der Waals surface area contributed by atoms with E-state index in [1.165, 1.54) is 18.2 Å². The molecule has 0 amide bonds. The van der Waals surface area contributed by atoms with Gasteiger partial charge in [0.1, 0.15) is 11.6 Å². The van der Waals surface area contributed by atoms with E-state index in [1.807, 2.05) is 0 Å². The van der Waals surface area contributed by atoms with Gasteiger partial charge in [0.2, 0.25) is 0 Å². The molecule has 0 saturated carbocycles. The van der Waals surface area contributed by atoms with E-state index in [2.05, 4.69) is 15.9 Å². The van der Waals surface area contributed by atoms with Crippen LogP contribution < -0.4 is 5.73 Å². The summed E-state index contributed by atoms with van der Waals surface area (Å²) in [5, 5.41) is 10.3. The van der Waals surface area contributed by atoms with Crippen LogP contribution in [0.25, 0.3) is 0 Å². The molecule has 2 rings (SSSR count). The fourth-order valence-electron chi connectivity index (χ4n) is 2.13. The number of rotatable bonds is 4. The summed E-state index contributed by atoms with van der Waals surface area (Å²) < 4.78 is 27.6. The largest absolute Gasteiger partial charge is 0.388 e. The molecule has 2 aromatic carbocycles. The second-order valence-electron chi connectivity index (χ2n) is 4.48. The zero-order valence-corrected chi connectivity index (χ0v) is 12.1. The molecular weight excluding hydrogens is 328 g/mol. The lowest BCUT2D eigenvalue weighted by Gasteiger charge is -2.23. The van der Waals surface area contributed by atoms with E-state index < -0.39 is 23.7 Å². The molecule has 0 aliphatic carbocycles. The monoisotopic (exact) mass is 341 g/mol. The highest BCUT2D eigenvalue weighted by Gasteiger charge is 2.24. The van der Waals surface area contributed by atoms with Crippen molar-refractivity contribution in [3.05, 3.63) is 69.7 Å². The number of aliphatic hydroxyl groups excluding tert-OH is 1. The van der Waals surface area contributed by atoms with E-state index in [-0.39, 0.29) is 6.54 Å². The van der Waals surface area contributed by atoms with Crippen LogP contribution in [0.1, 0.15) is 23.1 Å². The van der Waals surface area contributed by atoms with Crippen molar-refractivity contribution in [1.29, 1.82) is 0 Å². The lowest BCUT2D eigenvalue weighted by atomic mass is 9.89. The summed E-state index contributed by atoms with van der Waals surface area (Å²) in [5.74, 6) is -1.54. The lowest BCUT2D eigenvalue weighted by Crippen LogP contribution is -2.21. The third kappa shape index (κ3) is 3.06. The highest BCUT2D eigenvalue weighted by Crippen LogP contribution is 2.32. The predicted molar refractivity (Wildman–Crippen MR) is 77.3 cm³/mol. The van der Waals surface area contributed by atoms with Crippen LogP contribution in [0.3, 0.4) is 0 Å². The summed E-state index contributed by atoms with van der Waals surface area (Å²) in [7, 11) is 0. The quantitative estimate of drug-likeness (QED) is 0.893. The topological polar surface area (TPSA) is 46.2 Å². The van der Waals surface area contributed by atoms with E-state index in [0.29, 0.717) is 15.6 Å². The van der Waals surface area contributed by atoms with Crippen molar-refractivity contribution in [2.45, 2.75) is 12.0 Å². The van der Waals surface area contributed by atoms with Gasteiger partial charge in [-0.25, -0.2) is 8.78 Å². The molecule has 0 saturated heterocycles. The van der Waals surface area contributed by atoms with Crippen molar-refractivity contribution in [2.24, 2.45) is 5.73 Å². The van der Waals surface area contributed by atoms with Crippen LogP contribution in [0.5, 0.6) is 0 Å². The Balaban J connectivity index is 2.36. The predicted octanol–water partition coefficient (Wildman–Crippen LogP) is 3.50. The Hall–Kier alpha value is -1.30. The van der Waals surface area contributed by atoms with Crippen LogP contribution in [0.4, 0.5) is 8.78 Å². The normalized spacial score (nSPS) is 14.1. The number of aliphatic hydroxyl groups is 1. The average molecular weight is 342 g/mol. The fourth-order valence-corrected chi connectivity index (χ4v) is 2.38. The maximum Gasteiger partial charge on any atom is 0.137 e. The maximum absolute atomic E-state index is 13.8. The zero-order chi connectivity index (χ0) is 14.7. The Morgan fingerprint density at radius 2 is 1.80 bits per heavy atom. The van der Waals surface area contributed by atoms with Crippen LogP contribution in [-0.4, -0.2) is 11.7 Å².